The molecule has 2 aromatic heterocycles. The Balaban J connectivity index is 1.62. The molecule has 0 aliphatic heterocycles. The lowest BCUT2D eigenvalue weighted by molar-refractivity contribution is 0.369. The van der Waals surface area contributed by atoms with Gasteiger partial charge in [-0.1, -0.05) is 0 Å². The van der Waals surface area contributed by atoms with E-state index in [2.05, 4.69) is 30.8 Å². The van der Waals surface area contributed by atoms with Gasteiger partial charge in [0.1, 0.15) is 5.76 Å². The number of imidazole rings is 1. The van der Waals surface area contributed by atoms with E-state index < -0.39 is 0 Å². The quantitative estimate of drug-likeness (QED) is 0.943. The summed E-state index contributed by atoms with van der Waals surface area (Å²) in [5.74, 6) is 0.971. The maximum atomic E-state index is 5.50. The first kappa shape index (κ1) is 12.0. The van der Waals surface area contributed by atoms with Gasteiger partial charge in [-0.2, -0.15) is 0 Å². The molecule has 2 unspecified atom stereocenters. The minimum Gasteiger partial charge on any atom is -0.453 e. The molecule has 3 rings (SSSR count). The largest absolute Gasteiger partial charge is 0.453 e. The molecule has 0 saturated heterocycles. The lowest BCUT2D eigenvalue weighted by Gasteiger charge is -2.21. The van der Waals surface area contributed by atoms with Gasteiger partial charge >= 0.3 is 0 Å². The van der Waals surface area contributed by atoms with Crippen LogP contribution in [0.4, 0.5) is 0 Å². The zero-order valence-electron chi connectivity index (χ0n) is 10.1. The second kappa shape index (κ2) is 5.28. The van der Waals surface area contributed by atoms with Crippen LogP contribution in [0.15, 0.2) is 39.9 Å². The number of furan rings is 1. The van der Waals surface area contributed by atoms with E-state index in [1.54, 1.807) is 0 Å². The number of hydrogen-bond acceptors (Lipinski definition) is 3. The van der Waals surface area contributed by atoms with E-state index in [4.69, 9.17) is 4.42 Å². The summed E-state index contributed by atoms with van der Waals surface area (Å²) in [7, 11) is 0. The minimum absolute atomic E-state index is 0.503. The summed E-state index contributed by atoms with van der Waals surface area (Å²) in [5.41, 5.74) is 0. The third-order valence-electron chi connectivity index (χ3n) is 3.55. The zero-order valence-corrected chi connectivity index (χ0v) is 11.6. The molecule has 0 radical (unpaired) electrons. The third-order valence-corrected chi connectivity index (χ3v) is 3.98. The van der Waals surface area contributed by atoms with Gasteiger partial charge in [0.25, 0.3) is 0 Å². The van der Waals surface area contributed by atoms with Crippen LogP contribution in [0, 0.1) is 0 Å². The van der Waals surface area contributed by atoms with Crippen molar-refractivity contribution in [1.29, 1.82) is 0 Å². The Bertz CT molecular complexity index is 494. The SMILES string of the molecule is Brc1ccc(CNC2CCCC2n2ccnc2)o1. The number of aromatic nitrogens is 2. The molecule has 0 aromatic carbocycles. The fourth-order valence-electron chi connectivity index (χ4n) is 2.68. The van der Waals surface area contributed by atoms with E-state index in [0.717, 1.165) is 17.0 Å². The maximum Gasteiger partial charge on any atom is 0.169 e. The van der Waals surface area contributed by atoms with E-state index in [1.807, 2.05) is 30.9 Å². The maximum absolute atomic E-state index is 5.50. The van der Waals surface area contributed by atoms with Crippen molar-refractivity contribution in [2.75, 3.05) is 0 Å². The van der Waals surface area contributed by atoms with Crippen molar-refractivity contribution in [1.82, 2.24) is 14.9 Å². The van der Waals surface area contributed by atoms with Crippen LogP contribution in [0.25, 0.3) is 0 Å². The molecule has 2 atom stereocenters. The van der Waals surface area contributed by atoms with Crippen molar-refractivity contribution < 1.29 is 4.42 Å². The number of nitrogens with zero attached hydrogens (tertiary/aromatic N) is 2. The molecule has 5 heteroatoms. The van der Waals surface area contributed by atoms with Crippen molar-refractivity contribution in [3.8, 4) is 0 Å². The highest BCUT2D eigenvalue weighted by molar-refractivity contribution is 9.10. The van der Waals surface area contributed by atoms with Crippen LogP contribution < -0.4 is 5.32 Å². The summed E-state index contributed by atoms with van der Waals surface area (Å²) in [6.45, 7) is 0.779. The lowest BCUT2D eigenvalue weighted by atomic mass is 10.1. The van der Waals surface area contributed by atoms with Crippen molar-refractivity contribution in [3.63, 3.8) is 0 Å². The van der Waals surface area contributed by atoms with E-state index in [-0.39, 0.29) is 0 Å². The Kier molecular flexibility index (Phi) is 3.52. The summed E-state index contributed by atoms with van der Waals surface area (Å²) in [4.78, 5) is 4.13. The highest BCUT2D eigenvalue weighted by Gasteiger charge is 2.27. The van der Waals surface area contributed by atoms with Crippen molar-refractivity contribution in [3.05, 3.63) is 41.3 Å². The van der Waals surface area contributed by atoms with Crippen LogP contribution in [-0.2, 0) is 6.54 Å². The minimum atomic E-state index is 0.503. The summed E-state index contributed by atoms with van der Waals surface area (Å²) in [6.07, 6.45) is 9.50. The van der Waals surface area contributed by atoms with E-state index in [0.29, 0.717) is 12.1 Å². The average molecular weight is 310 g/mol. The molecular formula is C13H16BrN3O. The van der Waals surface area contributed by atoms with Crippen molar-refractivity contribution >= 4 is 15.9 Å². The first-order valence-corrected chi connectivity index (χ1v) is 7.07. The van der Waals surface area contributed by atoms with Gasteiger partial charge in [-0.25, -0.2) is 4.98 Å². The predicted molar refractivity (Wildman–Crippen MR) is 72.2 cm³/mol. The summed E-state index contributed by atoms with van der Waals surface area (Å²) >= 11 is 3.32. The van der Waals surface area contributed by atoms with Crippen LogP contribution >= 0.6 is 15.9 Å². The highest BCUT2D eigenvalue weighted by atomic mass is 79.9. The van der Waals surface area contributed by atoms with E-state index in [1.165, 1.54) is 19.3 Å². The highest BCUT2D eigenvalue weighted by Crippen LogP contribution is 2.30. The number of hydrogen-bond donors (Lipinski definition) is 1. The second-order valence-corrected chi connectivity index (χ2v) is 5.48. The van der Waals surface area contributed by atoms with Gasteiger partial charge in [-0.3, -0.25) is 0 Å². The van der Waals surface area contributed by atoms with Gasteiger partial charge in [0.05, 0.1) is 12.9 Å². The fraction of sp³-hybridized carbons (Fsp3) is 0.462. The molecule has 2 heterocycles. The van der Waals surface area contributed by atoms with Gasteiger partial charge < -0.3 is 14.3 Å². The zero-order chi connectivity index (χ0) is 12.4. The smallest absolute Gasteiger partial charge is 0.169 e. The van der Waals surface area contributed by atoms with Gasteiger partial charge in [0.15, 0.2) is 4.67 Å². The molecule has 0 bridgehead atoms. The Labute approximate surface area is 115 Å². The van der Waals surface area contributed by atoms with E-state index >= 15 is 0 Å². The Morgan fingerprint density at radius 1 is 1.44 bits per heavy atom. The van der Waals surface area contributed by atoms with Crippen LogP contribution in [0.2, 0.25) is 0 Å². The van der Waals surface area contributed by atoms with Crippen LogP contribution in [0.1, 0.15) is 31.1 Å². The Hall–Kier alpha value is -1.07. The van der Waals surface area contributed by atoms with Gasteiger partial charge in [0.2, 0.25) is 0 Å². The van der Waals surface area contributed by atoms with Crippen LogP contribution in [-0.4, -0.2) is 15.6 Å². The van der Waals surface area contributed by atoms with Crippen molar-refractivity contribution in [2.45, 2.75) is 37.9 Å². The van der Waals surface area contributed by atoms with Crippen LogP contribution in [0.5, 0.6) is 0 Å². The number of rotatable bonds is 4. The molecule has 1 N–H and O–H groups in total. The molecule has 0 spiro atoms. The topological polar surface area (TPSA) is 43.0 Å². The molecule has 96 valence electrons. The summed E-state index contributed by atoms with van der Waals surface area (Å²) in [6, 6.07) is 4.95. The summed E-state index contributed by atoms with van der Waals surface area (Å²) < 4.78 is 8.50. The normalized spacial score (nSPS) is 23.6. The first-order valence-electron chi connectivity index (χ1n) is 6.28. The molecule has 1 saturated carbocycles. The standard InChI is InChI=1S/C13H16BrN3O/c14-13-5-4-10(18-13)8-16-11-2-1-3-12(11)17-7-6-15-9-17/h4-7,9,11-12,16H,1-3,8H2. The number of halogens is 1. The Morgan fingerprint density at radius 3 is 3.11 bits per heavy atom. The Morgan fingerprint density at radius 2 is 2.39 bits per heavy atom. The van der Waals surface area contributed by atoms with E-state index in [9.17, 15) is 0 Å². The molecule has 2 aromatic rings. The first-order chi connectivity index (χ1) is 8.83. The number of nitrogens with one attached hydrogen (secondary N) is 1. The lowest BCUT2D eigenvalue weighted by Crippen LogP contribution is -2.33. The van der Waals surface area contributed by atoms with Gasteiger partial charge in [-0.15, -0.1) is 0 Å². The fourth-order valence-corrected chi connectivity index (χ4v) is 3.02. The monoisotopic (exact) mass is 309 g/mol. The predicted octanol–water partition coefficient (Wildman–Crippen LogP) is 3.12. The molecular weight excluding hydrogens is 294 g/mol. The molecule has 0 amide bonds. The van der Waals surface area contributed by atoms with Gasteiger partial charge in [-0.05, 0) is 47.3 Å². The molecule has 4 nitrogen and oxygen atoms in total. The molecule has 1 aliphatic rings. The molecule has 18 heavy (non-hydrogen) atoms. The third kappa shape index (κ3) is 2.52. The van der Waals surface area contributed by atoms with Crippen LogP contribution in [0.3, 0.4) is 0 Å². The van der Waals surface area contributed by atoms with Crippen molar-refractivity contribution in [2.24, 2.45) is 0 Å². The van der Waals surface area contributed by atoms with Gasteiger partial charge in [0, 0.05) is 24.5 Å². The average Bonchev–Trinajstić information content (AvgIpc) is 3.07. The second-order valence-electron chi connectivity index (χ2n) is 4.70. The summed E-state index contributed by atoms with van der Waals surface area (Å²) in [5, 5.41) is 3.59. The molecule has 1 aliphatic carbocycles. The molecule has 1 fully saturated rings.